The first-order valence-electron chi connectivity index (χ1n) is 7.83. The second-order valence-electron chi connectivity index (χ2n) is 5.92. The van der Waals surface area contributed by atoms with Gasteiger partial charge in [0.1, 0.15) is 5.82 Å². The van der Waals surface area contributed by atoms with E-state index in [1.807, 2.05) is 0 Å². The van der Waals surface area contributed by atoms with Crippen molar-refractivity contribution in [1.82, 2.24) is 0 Å². The Labute approximate surface area is 139 Å². The molecule has 2 aromatic rings. The number of amides is 1. The second kappa shape index (κ2) is 6.83. The Morgan fingerprint density at radius 3 is 2.25 bits per heavy atom. The molecule has 24 heavy (non-hydrogen) atoms. The molecular formula is C19H18FNO3. The molecule has 1 amide bonds. The Morgan fingerprint density at radius 1 is 1.08 bits per heavy atom. The SMILES string of the molecule is COC(=O)c1ccc(NC(=O)C(c2ccc(F)cc2)C2CC2)cc1. The summed E-state index contributed by atoms with van der Waals surface area (Å²) in [5.41, 5.74) is 1.86. The molecular weight excluding hydrogens is 309 g/mol. The molecule has 1 aliphatic rings. The number of benzene rings is 2. The first kappa shape index (κ1) is 16.2. The van der Waals surface area contributed by atoms with Crippen molar-refractivity contribution in [2.24, 2.45) is 5.92 Å². The molecule has 0 bridgehead atoms. The predicted molar refractivity (Wildman–Crippen MR) is 88.3 cm³/mol. The first-order chi connectivity index (χ1) is 11.6. The third-order valence-electron chi connectivity index (χ3n) is 4.18. The Kier molecular flexibility index (Phi) is 4.60. The van der Waals surface area contributed by atoms with Crippen LogP contribution in [0.25, 0.3) is 0 Å². The van der Waals surface area contributed by atoms with Crippen molar-refractivity contribution in [1.29, 1.82) is 0 Å². The fourth-order valence-electron chi connectivity index (χ4n) is 2.76. The number of carbonyl (C=O) groups is 2. The number of hydrogen-bond acceptors (Lipinski definition) is 3. The molecule has 5 heteroatoms. The highest BCUT2D eigenvalue weighted by Crippen LogP contribution is 2.43. The summed E-state index contributed by atoms with van der Waals surface area (Å²) in [7, 11) is 1.32. The van der Waals surface area contributed by atoms with E-state index in [0.717, 1.165) is 18.4 Å². The standard InChI is InChI=1S/C19H18FNO3/c1-24-19(23)14-6-10-16(11-7-14)21-18(22)17(12-2-3-12)13-4-8-15(20)9-5-13/h4-12,17H,2-3H2,1H3,(H,21,22). The molecule has 1 unspecified atom stereocenters. The molecule has 1 N–H and O–H groups in total. The molecule has 0 radical (unpaired) electrons. The van der Waals surface area contributed by atoms with Crippen LogP contribution >= 0.6 is 0 Å². The molecule has 124 valence electrons. The highest BCUT2D eigenvalue weighted by atomic mass is 19.1. The number of halogens is 1. The highest BCUT2D eigenvalue weighted by Gasteiger charge is 2.37. The van der Waals surface area contributed by atoms with Crippen LogP contribution in [0, 0.1) is 11.7 Å². The van der Waals surface area contributed by atoms with Crippen LogP contribution < -0.4 is 5.32 Å². The number of hydrogen-bond donors (Lipinski definition) is 1. The zero-order valence-electron chi connectivity index (χ0n) is 13.3. The molecule has 1 fully saturated rings. The molecule has 0 heterocycles. The molecule has 1 aliphatic carbocycles. The minimum Gasteiger partial charge on any atom is -0.465 e. The van der Waals surface area contributed by atoms with Gasteiger partial charge in [-0.15, -0.1) is 0 Å². The summed E-state index contributed by atoms with van der Waals surface area (Å²) in [6.07, 6.45) is 1.99. The van der Waals surface area contributed by atoms with Gasteiger partial charge in [0.15, 0.2) is 0 Å². The molecule has 0 saturated heterocycles. The van der Waals surface area contributed by atoms with Crippen molar-refractivity contribution in [2.75, 3.05) is 12.4 Å². The van der Waals surface area contributed by atoms with Crippen LogP contribution in [-0.2, 0) is 9.53 Å². The smallest absolute Gasteiger partial charge is 0.337 e. The fraction of sp³-hybridized carbons (Fsp3) is 0.263. The van der Waals surface area contributed by atoms with Crippen molar-refractivity contribution < 1.29 is 18.7 Å². The van der Waals surface area contributed by atoms with Crippen molar-refractivity contribution in [3.8, 4) is 0 Å². The average molecular weight is 327 g/mol. The lowest BCUT2D eigenvalue weighted by Crippen LogP contribution is -2.22. The average Bonchev–Trinajstić information content (AvgIpc) is 3.42. The van der Waals surface area contributed by atoms with Gasteiger partial charge in [-0.1, -0.05) is 12.1 Å². The molecule has 4 nitrogen and oxygen atoms in total. The van der Waals surface area contributed by atoms with E-state index in [1.165, 1.54) is 19.2 Å². The highest BCUT2D eigenvalue weighted by molar-refractivity contribution is 5.97. The van der Waals surface area contributed by atoms with Gasteiger partial charge in [-0.25, -0.2) is 9.18 Å². The van der Waals surface area contributed by atoms with Gasteiger partial charge >= 0.3 is 5.97 Å². The monoisotopic (exact) mass is 327 g/mol. The normalized spacial score (nSPS) is 14.8. The Morgan fingerprint density at radius 2 is 1.71 bits per heavy atom. The third kappa shape index (κ3) is 3.62. The van der Waals surface area contributed by atoms with E-state index >= 15 is 0 Å². The fourth-order valence-corrected chi connectivity index (χ4v) is 2.76. The zero-order chi connectivity index (χ0) is 17.1. The first-order valence-corrected chi connectivity index (χ1v) is 7.83. The lowest BCUT2D eigenvalue weighted by Gasteiger charge is -2.17. The largest absolute Gasteiger partial charge is 0.465 e. The quantitative estimate of drug-likeness (QED) is 0.851. The molecule has 0 spiro atoms. The van der Waals surface area contributed by atoms with Gasteiger partial charge < -0.3 is 10.1 Å². The minimum absolute atomic E-state index is 0.116. The second-order valence-corrected chi connectivity index (χ2v) is 5.92. The maximum absolute atomic E-state index is 13.1. The van der Waals surface area contributed by atoms with E-state index in [2.05, 4.69) is 10.1 Å². The summed E-state index contributed by atoms with van der Waals surface area (Å²) in [6.45, 7) is 0. The summed E-state index contributed by atoms with van der Waals surface area (Å²) in [5, 5.41) is 2.88. The molecule has 0 aromatic heterocycles. The van der Waals surface area contributed by atoms with Crippen LogP contribution in [0.2, 0.25) is 0 Å². The van der Waals surface area contributed by atoms with Crippen molar-refractivity contribution in [3.05, 3.63) is 65.5 Å². The van der Waals surface area contributed by atoms with Gasteiger partial charge in [-0.2, -0.15) is 0 Å². The Hall–Kier alpha value is -2.69. The van der Waals surface area contributed by atoms with Crippen LogP contribution in [0.1, 0.15) is 34.7 Å². The summed E-state index contributed by atoms with van der Waals surface area (Å²) < 4.78 is 17.8. The topological polar surface area (TPSA) is 55.4 Å². The van der Waals surface area contributed by atoms with Gasteiger partial charge in [-0.3, -0.25) is 4.79 Å². The molecule has 1 saturated carbocycles. The van der Waals surface area contributed by atoms with E-state index in [4.69, 9.17) is 0 Å². The lowest BCUT2D eigenvalue weighted by atomic mass is 9.93. The van der Waals surface area contributed by atoms with Gasteiger partial charge in [0, 0.05) is 5.69 Å². The summed E-state index contributed by atoms with van der Waals surface area (Å²) in [6, 6.07) is 12.6. The molecule has 0 aliphatic heterocycles. The molecule has 1 atom stereocenters. The van der Waals surface area contributed by atoms with Crippen molar-refractivity contribution in [2.45, 2.75) is 18.8 Å². The summed E-state index contributed by atoms with van der Waals surface area (Å²) in [5.74, 6) is -0.840. The van der Waals surface area contributed by atoms with Crippen molar-refractivity contribution in [3.63, 3.8) is 0 Å². The van der Waals surface area contributed by atoms with E-state index in [1.54, 1.807) is 36.4 Å². The van der Waals surface area contributed by atoms with Gasteiger partial charge in [0.2, 0.25) is 5.91 Å². The van der Waals surface area contributed by atoms with E-state index in [9.17, 15) is 14.0 Å². The van der Waals surface area contributed by atoms with Crippen LogP contribution in [0.3, 0.4) is 0 Å². The Balaban J connectivity index is 1.74. The van der Waals surface area contributed by atoms with Gasteiger partial charge in [0.05, 0.1) is 18.6 Å². The van der Waals surface area contributed by atoms with E-state index < -0.39 is 5.97 Å². The Bertz CT molecular complexity index is 736. The molecule has 2 aromatic carbocycles. The van der Waals surface area contributed by atoms with Crippen LogP contribution in [0.5, 0.6) is 0 Å². The summed E-state index contributed by atoms with van der Waals surface area (Å²) in [4.78, 5) is 24.1. The van der Waals surface area contributed by atoms with Gasteiger partial charge in [-0.05, 0) is 60.7 Å². The number of carbonyl (C=O) groups excluding carboxylic acids is 2. The number of rotatable bonds is 5. The zero-order valence-corrected chi connectivity index (χ0v) is 13.3. The number of nitrogens with one attached hydrogen (secondary N) is 1. The van der Waals surface area contributed by atoms with Crippen LogP contribution in [0.15, 0.2) is 48.5 Å². The lowest BCUT2D eigenvalue weighted by molar-refractivity contribution is -0.118. The number of esters is 1. The number of methoxy groups -OCH3 is 1. The van der Waals surface area contributed by atoms with E-state index in [-0.39, 0.29) is 17.6 Å². The summed E-state index contributed by atoms with van der Waals surface area (Å²) >= 11 is 0. The minimum atomic E-state index is -0.421. The van der Waals surface area contributed by atoms with Crippen LogP contribution in [0.4, 0.5) is 10.1 Å². The third-order valence-corrected chi connectivity index (χ3v) is 4.18. The van der Waals surface area contributed by atoms with Gasteiger partial charge in [0.25, 0.3) is 0 Å². The van der Waals surface area contributed by atoms with E-state index in [0.29, 0.717) is 17.2 Å². The van der Waals surface area contributed by atoms with Crippen LogP contribution in [-0.4, -0.2) is 19.0 Å². The number of ether oxygens (including phenoxy) is 1. The number of anilines is 1. The predicted octanol–water partition coefficient (Wildman–Crippen LogP) is 3.74. The maximum atomic E-state index is 13.1. The maximum Gasteiger partial charge on any atom is 0.337 e. The molecule has 3 rings (SSSR count). The van der Waals surface area contributed by atoms with Crippen molar-refractivity contribution >= 4 is 17.6 Å².